The van der Waals surface area contributed by atoms with Gasteiger partial charge in [0.2, 0.25) is 11.8 Å². The Balaban J connectivity index is 2.08. The Kier molecular flexibility index (Phi) is 3.74. The first-order valence-electron chi connectivity index (χ1n) is 7.32. The van der Waals surface area contributed by atoms with Crippen LogP contribution < -0.4 is 4.90 Å². The summed E-state index contributed by atoms with van der Waals surface area (Å²) in [7, 11) is 0. The Labute approximate surface area is 128 Å². The fraction of sp³-hybridized carbons (Fsp3) is 0.500. The molecule has 8 heteroatoms. The van der Waals surface area contributed by atoms with E-state index in [1.165, 1.54) is 12.7 Å². The Morgan fingerprint density at radius 3 is 2.86 bits per heavy atom. The second-order valence-corrected chi connectivity index (χ2v) is 5.70. The van der Waals surface area contributed by atoms with Gasteiger partial charge in [0.15, 0.2) is 0 Å². The van der Waals surface area contributed by atoms with Crippen molar-refractivity contribution in [2.24, 2.45) is 5.92 Å². The molecule has 1 unspecified atom stereocenters. The summed E-state index contributed by atoms with van der Waals surface area (Å²) in [5.41, 5.74) is 0.295. The molecule has 8 nitrogen and oxygen atoms in total. The van der Waals surface area contributed by atoms with Gasteiger partial charge < -0.3 is 4.90 Å². The minimum atomic E-state index is -0.437. The molecule has 1 atom stereocenters. The molecule has 116 valence electrons. The van der Waals surface area contributed by atoms with E-state index in [1.54, 1.807) is 23.9 Å². The maximum atomic E-state index is 11.4. The van der Waals surface area contributed by atoms with Crippen molar-refractivity contribution >= 4 is 11.6 Å². The maximum absolute atomic E-state index is 11.4. The SMILES string of the molecule is Cc1nc(N2CCCC(C)C2)nc(-n2ccnc2)c1[N+](=O)[O-]. The summed E-state index contributed by atoms with van der Waals surface area (Å²) < 4.78 is 1.56. The average molecular weight is 302 g/mol. The molecule has 22 heavy (non-hydrogen) atoms. The Morgan fingerprint density at radius 1 is 1.41 bits per heavy atom. The van der Waals surface area contributed by atoms with E-state index in [1.807, 2.05) is 0 Å². The zero-order valence-corrected chi connectivity index (χ0v) is 12.6. The zero-order valence-electron chi connectivity index (χ0n) is 12.6. The molecule has 1 saturated heterocycles. The van der Waals surface area contributed by atoms with Crippen LogP contribution in [0.4, 0.5) is 11.6 Å². The average Bonchev–Trinajstić information content (AvgIpc) is 3.00. The molecule has 2 aromatic heterocycles. The van der Waals surface area contributed by atoms with Crippen LogP contribution in [0, 0.1) is 23.0 Å². The highest BCUT2D eigenvalue weighted by molar-refractivity contribution is 5.54. The van der Waals surface area contributed by atoms with Gasteiger partial charge in [0, 0.05) is 25.5 Å². The maximum Gasteiger partial charge on any atom is 0.333 e. The molecule has 2 aromatic rings. The van der Waals surface area contributed by atoms with E-state index in [4.69, 9.17) is 0 Å². The summed E-state index contributed by atoms with van der Waals surface area (Å²) in [5, 5.41) is 11.4. The Morgan fingerprint density at radius 2 is 2.23 bits per heavy atom. The smallest absolute Gasteiger partial charge is 0.333 e. The highest BCUT2D eigenvalue weighted by atomic mass is 16.6. The molecule has 1 aliphatic rings. The van der Waals surface area contributed by atoms with Crippen LogP contribution in [-0.2, 0) is 0 Å². The molecule has 3 rings (SSSR count). The molecule has 3 heterocycles. The second kappa shape index (κ2) is 5.70. The molecule has 0 bridgehead atoms. The molecule has 0 aliphatic carbocycles. The van der Waals surface area contributed by atoms with Crippen molar-refractivity contribution in [2.75, 3.05) is 18.0 Å². The van der Waals surface area contributed by atoms with Crippen LogP contribution in [0.2, 0.25) is 0 Å². The number of anilines is 1. The van der Waals surface area contributed by atoms with Gasteiger partial charge in [-0.1, -0.05) is 6.92 Å². The summed E-state index contributed by atoms with van der Waals surface area (Å²) in [4.78, 5) is 25.8. The van der Waals surface area contributed by atoms with Gasteiger partial charge in [-0.2, -0.15) is 4.98 Å². The predicted octanol–water partition coefficient (Wildman–Crippen LogP) is 2.12. The van der Waals surface area contributed by atoms with Crippen molar-refractivity contribution in [1.29, 1.82) is 0 Å². The van der Waals surface area contributed by atoms with Crippen molar-refractivity contribution in [1.82, 2.24) is 19.5 Å². The predicted molar refractivity (Wildman–Crippen MR) is 81.2 cm³/mol. The standard InChI is InChI=1S/C14H18N6O2/c1-10-4-3-6-18(8-10)14-16-11(2)12(20(21)22)13(17-14)19-7-5-15-9-19/h5,7,9-10H,3-4,6,8H2,1-2H3. The monoisotopic (exact) mass is 302 g/mol. The third-order valence-electron chi connectivity index (χ3n) is 3.90. The summed E-state index contributed by atoms with van der Waals surface area (Å²) in [6.45, 7) is 5.60. The number of piperidine rings is 1. The van der Waals surface area contributed by atoms with E-state index in [0.717, 1.165) is 19.5 Å². The van der Waals surface area contributed by atoms with Crippen molar-refractivity contribution in [3.8, 4) is 5.82 Å². The van der Waals surface area contributed by atoms with Gasteiger partial charge in [0.25, 0.3) is 0 Å². The second-order valence-electron chi connectivity index (χ2n) is 5.70. The quantitative estimate of drug-likeness (QED) is 0.637. The fourth-order valence-corrected chi connectivity index (χ4v) is 2.83. The lowest BCUT2D eigenvalue weighted by Gasteiger charge is -2.31. The third kappa shape index (κ3) is 2.63. The van der Waals surface area contributed by atoms with Crippen LogP contribution >= 0.6 is 0 Å². The lowest BCUT2D eigenvalue weighted by Crippen LogP contribution is -2.35. The topological polar surface area (TPSA) is 90.0 Å². The Hall–Kier alpha value is -2.51. The molecule has 0 saturated carbocycles. The number of rotatable bonds is 3. The van der Waals surface area contributed by atoms with Crippen molar-refractivity contribution < 1.29 is 4.92 Å². The highest BCUT2D eigenvalue weighted by Crippen LogP contribution is 2.28. The summed E-state index contributed by atoms with van der Waals surface area (Å²) in [6.07, 6.45) is 7.01. The van der Waals surface area contributed by atoms with Gasteiger partial charge in [0.1, 0.15) is 12.0 Å². The molecule has 1 fully saturated rings. The summed E-state index contributed by atoms with van der Waals surface area (Å²) >= 11 is 0. The lowest BCUT2D eigenvalue weighted by molar-refractivity contribution is -0.385. The molecule has 0 radical (unpaired) electrons. The highest BCUT2D eigenvalue weighted by Gasteiger charge is 2.26. The van der Waals surface area contributed by atoms with E-state index >= 15 is 0 Å². The van der Waals surface area contributed by atoms with Gasteiger partial charge >= 0.3 is 5.69 Å². The normalized spacial score (nSPS) is 18.5. The first-order valence-corrected chi connectivity index (χ1v) is 7.32. The minimum Gasteiger partial charge on any atom is -0.340 e. The number of hydrogen-bond donors (Lipinski definition) is 0. The van der Waals surface area contributed by atoms with E-state index in [0.29, 0.717) is 17.6 Å². The van der Waals surface area contributed by atoms with Crippen LogP contribution in [0.25, 0.3) is 5.82 Å². The minimum absolute atomic E-state index is 0.0770. The van der Waals surface area contributed by atoms with E-state index < -0.39 is 4.92 Å². The molecular formula is C14H18N6O2. The number of nitrogens with zero attached hydrogens (tertiary/aromatic N) is 6. The largest absolute Gasteiger partial charge is 0.340 e. The Bertz CT molecular complexity index is 685. The third-order valence-corrected chi connectivity index (χ3v) is 3.90. The molecular weight excluding hydrogens is 284 g/mol. The van der Waals surface area contributed by atoms with Crippen LogP contribution in [0.5, 0.6) is 0 Å². The van der Waals surface area contributed by atoms with Gasteiger partial charge in [-0.25, -0.2) is 9.97 Å². The van der Waals surface area contributed by atoms with E-state index in [-0.39, 0.29) is 11.5 Å². The number of nitro groups is 1. The van der Waals surface area contributed by atoms with Gasteiger partial charge in [-0.3, -0.25) is 14.7 Å². The van der Waals surface area contributed by atoms with Gasteiger partial charge in [-0.05, 0) is 25.7 Å². The zero-order chi connectivity index (χ0) is 15.7. The van der Waals surface area contributed by atoms with E-state index in [2.05, 4.69) is 26.8 Å². The lowest BCUT2D eigenvalue weighted by atomic mass is 10.0. The first kappa shape index (κ1) is 14.4. The molecule has 0 N–H and O–H groups in total. The van der Waals surface area contributed by atoms with E-state index in [9.17, 15) is 10.1 Å². The van der Waals surface area contributed by atoms with Crippen LogP contribution in [0.15, 0.2) is 18.7 Å². The van der Waals surface area contributed by atoms with Gasteiger partial charge in [0.05, 0.1) is 4.92 Å². The number of hydrogen-bond acceptors (Lipinski definition) is 6. The fourth-order valence-electron chi connectivity index (χ4n) is 2.83. The van der Waals surface area contributed by atoms with Crippen molar-refractivity contribution in [3.63, 3.8) is 0 Å². The van der Waals surface area contributed by atoms with Crippen molar-refractivity contribution in [3.05, 3.63) is 34.5 Å². The number of imidazole rings is 1. The number of aryl methyl sites for hydroxylation is 1. The first-order chi connectivity index (χ1) is 10.6. The number of aromatic nitrogens is 4. The summed E-state index contributed by atoms with van der Waals surface area (Å²) in [6, 6.07) is 0. The van der Waals surface area contributed by atoms with Gasteiger partial charge in [-0.15, -0.1) is 0 Å². The molecule has 0 spiro atoms. The molecule has 0 aromatic carbocycles. The molecule has 0 amide bonds. The van der Waals surface area contributed by atoms with Crippen LogP contribution in [0.3, 0.4) is 0 Å². The van der Waals surface area contributed by atoms with Crippen LogP contribution in [0.1, 0.15) is 25.5 Å². The summed E-state index contributed by atoms with van der Waals surface area (Å²) in [5.74, 6) is 1.39. The van der Waals surface area contributed by atoms with Crippen LogP contribution in [-0.4, -0.2) is 37.5 Å². The van der Waals surface area contributed by atoms with Crippen molar-refractivity contribution in [2.45, 2.75) is 26.7 Å². The molecule has 1 aliphatic heterocycles.